The van der Waals surface area contributed by atoms with Gasteiger partial charge in [-0.25, -0.2) is 9.48 Å². The van der Waals surface area contributed by atoms with Crippen LogP contribution >= 0.6 is 11.6 Å². The normalized spacial score (nSPS) is 10.5. The SMILES string of the molecule is COc1ccc(OC)c(C(=O)COC(=O)c2c(C)nn(-c3ccccc3)c2Cl)c1. The van der Waals surface area contributed by atoms with Crippen molar-refractivity contribution in [1.82, 2.24) is 9.78 Å². The number of esters is 1. The Morgan fingerprint density at radius 2 is 1.79 bits per heavy atom. The Bertz CT molecular complexity index is 1050. The molecule has 150 valence electrons. The van der Waals surface area contributed by atoms with Crippen LogP contribution < -0.4 is 9.47 Å². The van der Waals surface area contributed by atoms with Gasteiger partial charge in [0, 0.05) is 0 Å². The number of benzene rings is 2. The van der Waals surface area contributed by atoms with E-state index in [0.29, 0.717) is 22.9 Å². The maximum absolute atomic E-state index is 12.6. The van der Waals surface area contributed by atoms with Crippen molar-refractivity contribution in [2.45, 2.75) is 6.92 Å². The number of methoxy groups -OCH3 is 2. The summed E-state index contributed by atoms with van der Waals surface area (Å²) in [6.45, 7) is 1.17. The Morgan fingerprint density at radius 3 is 2.45 bits per heavy atom. The Balaban J connectivity index is 1.78. The van der Waals surface area contributed by atoms with Gasteiger partial charge in [-0.2, -0.15) is 5.10 Å². The van der Waals surface area contributed by atoms with Crippen molar-refractivity contribution in [3.8, 4) is 17.2 Å². The molecule has 0 aliphatic carbocycles. The Kier molecular flexibility index (Phi) is 6.19. The van der Waals surface area contributed by atoms with Crippen molar-refractivity contribution in [3.05, 3.63) is 70.5 Å². The summed E-state index contributed by atoms with van der Waals surface area (Å²) in [4.78, 5) is 25.1. The molecule has 0 aliphatic heterocycles. The maximum atomic E-state index is 12.6. The Hall–Kier alpha value is -3.32. The van der Waals surface area contributed by atoms with Gasteiger partial charge in [-0.15, -0.1) is 0 Å². The first-order valence-electron chi connectivity index (χ1n) is 8.69. The summed E-state index contributed by atoms with van der Waals surface area (Å²) in [6, 6.07) is 14.0. The van der Waals surface area contributed by atoms with Crippen molar-refractivity contribution in [3.63, 3.8) is 0 Å². The summed E-state index contributed by atoms with van der Waals surface area (Å²) >= 11 is 6.36. The fraction of sp³-hybridized carbons (Fsp3) is 0.190. The van der Waals surface area contributed by atoms with Crippen molar-refractivity contribution in [2.75, 3.05) is 20.8 Å². The number of para-hydroxylation sites is 1. The lowest BCUT2D eigenvalue weighted by molar-refractivity contribution is 0.0473. The first-order valence-corrected chi connectivity index (χ1v) is 9.07. The van der Waals surface area contributed by atoms with E-state index in [1.807, 2.05) is 30.3 Å². The first kappa shape index (κ1) is 20.4. The fourth-order valence-electron chi connectivity index (χ4n) is 2.78. The molecule has 2 aromatic carbocycles. The Labute approximate surface area is 172 Å². The Morgan fingerprint density at radius 1 is 1.07 bits per heavy atom. The highest BCUT2D eigenvalue weighted by atomic mass is 35.5. The number of carbonyl (C=O) groups excluding carboxylic acids is 2. The first-order chi connectivity index (χ1) is 14.0. The fourth-order valence-corrected chi connectivity index (χ4v) is 3.13. The van der Waals surface area contributed by atoms with Gasteiger partial charge in [0.25, 0.3) is 0 Å². The second-order valence-electron chi connectivity index (χ2n) is 6.06. The number of hydrogen-bond acceptors (Lipinski definition) is 6. The molecule has 0 aliphatic rings. The number of hydrogen-bond donors (Lipinski definition) is 0. The van der Waals surface area contributed by atoms with Crippen molar-refractivity contribution >= 4 is 23.4 Å². The van der Waals surface area contributed by atoms with Gasteiger partial charge in [0.05, 0.1) is 31.2 Å². The summed E-state index contributed by atoms with van der Waals surface area (Å²) in [6.07, 6.45) is 0. The number of Topliss-reactive ketones (excluding diaryl/α,β-unsaturated/α-hetero) is 1. The molecule has 1 heterocycles. The van der Waals surface area contributed by atoms with Gasteiger partial charge in [0.2, 0.25) is 5.78 Å². The number of ketones is 1. The van der Waals surface area contributed by atoms with Crippen LogP contribution in [0.5, 0.6) is 11.5 Å². The smallest absolute Gasteiger partial charge is 0.343 e. The van der Waals surface area contributed by atoms with Crippen LogP contribution in [0.2, 0.25) is 5.15 Å². The zero-order valence-electron chi connectivity index (χ0n) is 16.1. The minimum absolute atomic E-state index is 0.112. The molecular formula is C21H19ClN2O5. The van der Waals surface area contributed by atoms with Crippen LogP contribution in [0.15, 0.2) is 48.5 Å². The molecule has 0 unspecified atom stereocenters. The highest BCUT2D eigenvalue weighted by Crippen LogP contribution is 2.26. The van der Waals surface area contributed by atoms with Crippen molar-refractivity contribution in [2.24, 2.45) is 0 Å². The van der Waals surface area contributed by atoms with E-state index in [0.717, 1.165) is 0 Å². The van der Waals surface area contributed by atoms with Crippen molar-refractivity contribution in [1.29, 1.82) is 0 Å². The summed E-state index contributed by atoms with van der Waals surface area (Å²) < 4.78 is 17.0. The average molecular weight is 415 g/mol. The van der Waals surface area contributed by atoms with Crippen LogP contribution in [0.3, 0.4) is 0 Å². The third kappa shape index (κ3) is 4.25. The second-order valence-corrected chi connectivity index (χ2v) is 6.42. The van der Waals surface area contributed by atoms with Gasteiger partial charge >= 0.3 is 5.97 Å². The van der Waals surface area contributed by atoms with Crippen LogP contribution in [-0.4, -0.2) is 42.4 Å². The zero-order chi connectivity index (χ0) is 21.0. The highest BCUT2D eigenvalue weighted by molar-refractivity contribution is 6.33. The molecule has 0 fully saturated rings. The molecule has 0 N–H and O–H groups in total. The number of halogens is 1. The molecule has 0 bridgehead atoms. The van der Waals surface area contributed by atoms with Gasteiger partial charge < -0.3 is 14.2 Å². The summed E-state index contributed by atoms with van der Waals surface area (Å²) in [5.41, 5.74) is 1.47. The predicted octanol–water partition coefficient (Wildman–Crippen LogP) is 3.89. The molecule has 3 rings (SSSR count). The van der Waals surface area contributed by atoms with Crippen LogP contribution in [0.1, 0.15) is 26.4 Å². The topological polar surface area (TPSA) is 79.7 Å². The third-order valence-electron chi connectivity index (χ3n) is 4.25. The van der Waals surface area contributed by atoms with E-state index >= 15 is 0 Å². The van der Waals surface area contributed by atoms with Crippen LogP contribution in [-0.2, 0) is 4.74 Å². The predicted molar refractivity (Wildman–Crippen MR) is 107 cm³/mol. The summed E-state index contributed by atoms with van der Waals surface area (Å²) in [5, 5.41) is 4.42. The highest BCUT2D eigenvalue weighted by Gasteiger charge is 2.24. The molecule has 0 radical (unpaired) electrons. The molecule has 3 aromatic rings. The van der Waals surface area contributed by atoms with Gasteiger partial charge in [0.1, 0.15) is 22.2 Å². The molecule has 0 amide bonds. The van der Waals surface area contributed by atoms with E-state index < -0.39 is 18.4 Å². The standard InChI is InChI=1S/C21H19ClN2O5/c1-13-19(20(22)24(23-13)14-7-5-4-6-8-14)21(26)29-12-17(25)16-11-15(27-2)9-10-18(16)28-3/h4-11H,12H2,1-3H3. The van der Waals surface area contributed by atoms with Crippen LogP contribution in [0.25, 0.3) is 5.69 Å². The lowest BCUT2D eigenvalue weighted by Crippen LogP contribution is -2.15. The van der Waals surface area contributed by atoms with E-state index in [2.05, 4.69) is 5.10 Å². The monoisotopic (exact) mass is 414 g/mol. The minimum Gasteiger partial charge on any atom is -0.497 e. The third-order valence-corrected chi connectivity index (χ3v) is 4.60. The van der Waals surface area contributed by atoms with E-state index in [9.17, 15) is 9.59 Å². The summed E-state index contributed by atoms with van der Waals surface area (Å²) in [7, 11) is 2.94. The van der Waals surface area contributed by atoms with Crippen LogP contribution in [0.4, 0.5) is 0 Å². The quantitative estimate of drug-likeness (QED) is 0.431. The van der Waals surface area contributed by atoms with Gasteiger partial charge in [-0.1, -0.05) is 29.8 Å². The molecule has 0 saturated heterocycles. The molecule has 0 spiro atoms. The number of aryl methyl sites for hydroxylation is 1. The van der Waals surface area contributed by atoms with E-state index in [-0.39, 0.29) is 16.3 Å². The second kappa shape index (κ2) is 8.79. The summed E-state index contributed by atoms with van der Waals surface area (Å²) in [5.74, 6) is -0.315. The molecule has 7 nitrogen and oxygen atoms in total. The lowest BCUT2D eigenvalue weighted by atomic mass is 10.1. The van der Waals surface area contributed by atoms with E-state index in [4.69, 9.17) is 25.8 Å². The molecule has 8 heteroatoms. The number of nitrogens with zero attached hydrogens (tertiary/aromatic N) is 2. The van der Waals surface area contributed by atoms with Crippen molar-refractivity contribution < 1.29 is 23.8 Å². The molecule has 29 heavy (non-hydrogen) atoms. The average Bonchev–Trinajstić information content (AvgIpc) is 3.05. The molecule has 1 aromatic heterocycles. The van der Waals surface area contributed by atoms with Gasteiger partial charge in [-0.05, 0) is 37.3 Å². The molecule has 0 saturated carbocycles. The zero-order valence-corrected chi connectivity index (χ0v) is 16.9. The van der Waals surface area contributed by atoms with E-state index in [1.54, 1.807) is 19.1 Å². The number of ether oxygens (including phenoxy) is 3. The number of aromatic nitrogens is 2. The number of carbonyl (C=O) groups is 2. The maximum Gasteiger partial charge on any atom is 0.343 e. The molecular weight excluding hydrogens is 396 g/mol. The molecule has 0 atom stereocenters. The lowest BCUT2D eigenvalue weighted by Gasteiger charge is -2.10. The van der Waals surface area contributed by atoms with Gasteiger partial charge in [-0.3, -0.25) is 4.79 Å². The van der Waals surface area contributed by atoms with E-state index in [1.165, 1.54) is 25.0 Å². The number of rotatable bonds is 7. The van der Waals surface area contributed by atoms with Gasteiger partial charge in [0.15, 0.2) is 6.61 Å². The minimum atomic E-state index is -0.732. The van der Waals surface area contributed by atoms with Crippen LogP contribution in [0, 0.1) is 6.92 Å². The largest absolute Gasteiger partial charge is 0.497 e.